The first kappa shape index (κ1) is 17.9. The van der Waals surface area contributed by atoms with Crippen molar-refractivity contribution < 1.29 is 9.59 Å². The van der Waals surface area contributed by atoms with Gasteiger partial charge in [-0.2, -0.15) is 0 Å². The Kier molecular flexibility index (Phi) is 4.36. The Hall–Kier alpha value is -4.20. The van der Waals surface area contributed by atoms with Gasteiger partial charge >= 0.3 is 0 Å². The normalized spacial score (nSPS) is 16.4. The van der Waals surface area contributed by atoms with E-state index in [9.17, 15) is 9.59 Å². The summed E-state index contributed by atoms with van der Waals surface area (Å²) in [4.78, 5) is 36.0. The number of amides is 2. The van der Waals surface area contributed by atoms with Gasteiger partial charge in [0.05, 0.1) is 12.5 Å². The summed E-state index contributed by atoms with van der Waals surface area (Å²) in [7, 11) is 0. The van der Waals surface area contributed by atoms with Gasteiger partial charge in [0, 0.05) is 24.2 Å². The molecule has 2 amide bonds. The summed E-state index contributed by atoms with van der Waals surface area (Å²) >= 11 is 0. The molecule has 8 nitrogen and oxygen atoms in total. The minimum atomic E-state index is -0.694. The molecular formula is C22H16N6O2. The van der Waals surface area contributed by atoms with Gasteiger partial charge in [0.1, 0.15) is 5.82 Å². The van der Waals surface area contributed by atoms with Crippen LogP contribution in [-0.4, -0.2) is 37.6 Å². The molecule has 1 aromatic carbocycles. The first-order valence-electron chi connectivity index (χ1n) is 9.41. The third kappa shape index (κ3) is 2.95. The van der Waals surface area contributed by atoms with Gasteiger partial charge in [-0.3, -0.25) is 19.0 Å². The zero-order valence-electron chi connectivity index (χ0n) is 15.8. The first-order valence-corrected chi connectivity index (χ1v) is 9.41. The Morgan fingerprint density at radius 2 is 1.80 bits per heavy atom. The van der Waals surface area contributed by atoms with Crippen molar-refractivity contribution in [2.75, 3.05) is 4.90 Å². The van der Waals surface area contributed by atoms with E-state index in [2.05, 4.69) is 20.2 Å². The van der Waals surface area contributed by atoms with E-state index in [0.717, 1.165) is 10.5 Å². The standard InChI is InChI=1S/C22H16N6O2/c29-21-16-8-2-1-7-15(16)17(22(30)28(21)18-9-3-5-11-24-18)13-23-14-20-26-25-19-10-4-6-12-27(19)20/h1-13,17H,14H2/t17-/m0/s1. The van der Waals surface area contributed by atoms with Crippen LogP contribution >= 0.6 is 0 Å². The lowest BCUT2D eigenvalue weighted by atomic mass is 9.89. The molecule has 30 heavy (non-hydrogen) atoms. The van der Waals surface area contributed by atoms with Gasteiger partial charge in [-0.05, 0) is 35.9 Å². The van der Waals surface area contributed by atoms with Crippen molar-refractivity contribution in [1.82, 2.24) is 19.6 Å². The largest absolute Gasteiger partial charge is 0.288 e. The molecule has 0 bridgehead atoms. The van der Waals surface area contributed by atoms with Crippen LogP contribution in [0.4, 0.5) is 5.82 Å². The minimum Gasteiger partial charge on any atom is -0.288 e. The molecule has 1 aliphatic heterocycles. The summed E-state index contributed by atoms with van der Waals surface area (Å²) in [5, 5.41) is 8.26. The maximum atomic E-state index is 13.2. The lowest BCUT2D eigenvalue weighted by Crippen LogP contribution is -2.45. The number of imide groups is 1. The topological polar surface area (TPSA) is 92.8 Å². The number of aromatic nitrogens is 4. The van der Waals surface area contributed by atoms with Crippen molar-refractivity contribution in [1.29, 1.82) is 0 Å². The Bertz CT molecular complexity index is 1280. The third-order valence-electron chi connectivity index (χ3n) is 4.97. The highest BCUT2D eigenvalue weighted by Gasteiger charge is 2.39. The summed E-state index contributed by atoms with van der Waals surface area (Å²) in [6, 6.07) is 17.8. The molecule has 1 aliphatic rings. The quantitative estimate of drug-likeness (QED) is 0.391. The molecule has 146 valence electrons. The predicted molar refractivity (Wildman–Crippen MR) is 110 cm³/mol. The smallest absolute Gasteiger partial charge is 0.266 e. The second-order valence-electron chi connectivity index (χ2n) is 6.77. The second-order valence-corrected chi connectivity index (χ2v) is 6.77. The molecule has 0 N–H and O–H groups in total. The Labute approximate surface area is 171 Å². The van der Waals surface area contributed by atoms with Crippen molar-refractivity contribution in [2.45, 2.75) is 12.5 Å². The van der Waals surface area contributed by atoms with Crippen LogP contribution in [0, 0.1) is 0 Å². The molecule has 4 aromatic rings. The van der Waals surface area contributed by atoms with Gasteiger partial charge in [-0.25, -0.2) is 9.88 Å². The number of hydrogen-bond acceptors (Lipinski definition) is 6. The molecule has 8 heteroatoms. The van der Waals surface area contributed by atoms with Crippen LogP contribution in [-0.2, 0) is 11.3 Å². The zero-order valence-corrected chi connectivity index (χ0v) is 15.8. The van der Waals surface area contributed by atoms with Crippen molar-refractivity contribution in [3.05, 3.63) is 90.0 Å². The van der Waals surface area contributed by atoms with E-state index in [1.807, 2.05) is 34.9 Å². The molecule has 4 heterocycles. The monoisotopic (exact) mass is 396 g/mol. The first-order chi connectivity index (χ1) is 14.7. The molecule has 1 atom stereocenters. The summed E-state index contributed by atoms with van der Waals surface area (Å²) in [6.45, 7) is 0.259. The van der Waals surface area contributed by atoms with E-state index in [-0.39, 0.29) is 18.4 Å². The van der Waals surface area contributed by atoms with Crippen LogP contribution < -0.4 is 4.90 Å². The van der Waals surface area contributed by atoms with Crippen LogP contribution in [0.5, 0.6) is 0 Å². The fraction of sp³-hybridized carbons (Fsp3) is 0.0909. The fourth-order valence-corrected chi connectivity index (χ4v) is 3.54. The van der Waals surface area contributed by atoms with Gasteiger partial charge in [-0.1, -0.05) is 30.3 Å². The van der Waals surface area contributed by atoms with Crippen molar-refractivity contribution >= 4 is 29.5 Å². The molecule has 0 saturated carbocycles. The van der Waals surface area contributed by atoms with Gasteiger partial charge < -0.3 is 0 Å². The highest BCUT2D eigenvalue weighted by molar-refractivity contribution is 6.28. The number of carbonyl (C=O) groups excluding carboxylic acids is 2. The summed E-state index contributed by atoms with van der Waals surface area (Å²) < 4.78 is 1.84. The van der Waals surface area contributed by atoms with Gasteiger partial charge in [0.2, 0.25) is 5.91 Å². The van der Waals surface area contributed by atoms with Crippen LogP contribution in [0.25, 0.3) is 5.65 Å². The average molecular weight is 396 g/mol. The molecule has 0 unspecified atom stereocenters. The number of pyridine rings is 2. The number of carbonyl (C=O) groups is 2. The number of anilines is 1. The maximum Gasteiger partial charge on any atom is 0.266 e. The number of benzene rings is 1. The Morgan fingerprint density at radius 3 is 2.67 bits per heavy atom. The maximum absolute atomic E-state index is 13.2. The highest BCUT2D eigenvalue weighted by Crippen LogP contribution is 2.31. The summed E-state index contributed by atoms with van der Waals surface area (Å²) in [5.74, 6) is -0.505. The average Bonchev–Trinajstić information content (AvgIpc) is 3.20. The summed E-state index contributed by atoms with van der Waals surface area (Å²) in [6.07, 6.45) is 4.99. The molecule has 5 rings (SSSR count). The number of aliphatic imine (C=N–C) groups is 1. The zero-order chi connectivity index (χ0) is 20.5. The molecule has 3 aromatic heterocycles. The Morgan fingerprint density at radius 1 is 0.967 bits per heavy atom. The molecule has 0 aliphatic carbocycles. The lowest BCUT2D eigenvalue weighted by molar-refractivity contribution is -0.118. The summed E-state index contributed by atoms with van der Waals surface area (Å²) in [5.41, 5.74) is 1.83. The van der Waals surface area contributed by atoms with Crippen molar-refractivity contribution in [3.63, 3.8) is 0 Å². The molecule has 0 fully saturated rings. The highest BCUT2D eigenvalue weighted by atomic mass is 16.2. The lowest BCUT2D eigenvalue weighted by Gasteiger charge is -2.30. The van der Waals surface area contributed by atoms with Crippen molar-refractivity contribution in [2.24, 2.45) is 4.99 Å². The predicted octanol–water partition coefficient (Wildman–Crippen LogP) is 2.67. The SMILES string of the molecule is O=C1c2ccccc2[C@H](C=NCc2nnc3ccccn23)C(=O)N1c1ccccn1. The molecular weight excluding hydrogens is 380 g/mol. The van der Waals surface area contributed by atoms with Crippen molar-refractivity contribution in [3.8, 4) is 0 Å². The van der Waals surface area contributed by atoms with Gasteiger partial charge in [0.15, 0.2) is 11.5 Å². The fourth-order valence-electron chi connectivity index (χ4n) is 3.54. The number of fused-ring (bicyclic) bond motifs is 2. The second kappa shape index (κ2) is 7.32. The number of hydrogen-bond donors (Lipinski definition) is 0. The molecule has 0 radical (unpaired) electrons. The van der Waals surface area contributed by atoms with Crippen LogP contribution in [0.15, 0.2) is 78.0 Å². The third-order valence-corrected chi connectivity index (χ3v) is 4.97. The van der Waals surface area contributed by atoms with E-state index >= 15 is 0 Å². The van der Waals surface area contributed by atoms with Gasteiger partial charge in [-0.15, -0.1) is 10.2 Å². The molecule has 0 saturated heterocycles. The Balaban J connectivity index is 1.50. The van der Waals surface area contributed by atoms with Gasteiger partial charge in [0.25, 0.3) is 5.91 Å². The van der Waals surface area contributed by atoms with Crippen LogP contribution in [0.3, 0.4) is 0 Å². The van der Waals surface area contributed by atoms with E-state index in [1.165, 1.54) is 0 Å². The van der Waals surface area contributed by atoms with E-state index < -0.39 is 5.92 Å². The van der Waals surface area contributed by atoms with Crippen LogP contribution in [0.2, 0.25) is 0 Å². The minimum absolute atomic E-state index is 0.259. The number of rotatable bonds is 4. The van der Waals surface area contributed by atoms with E-state index in [0.29, 0.717) is 22.8 Å². The van der Waals surface area contributed by atoms with Crippen LogP contribution in [0.1, 0.15) is 27.7 Å². The van der Waals surface area contributed by atoms with E-state index in [4.69, 9.17) is 0 Å². The van der Waals surface area contributed by atoms with E-state index in [1.54, 1.807) is 48.8 Å². The number of nitrogens with zero attached hydrogens (tertiary/aromatic N) is 6. The molecule has 0 spiro atoms.